The minimum absolute atomic E-state index is 0.850. The van der Waals surface area contributed by atoms with Crippen LogP contribution in [0.5, 0.6) is 0 Å². The van der Waals surface area contributed by atoms with Crippen molar-refractivity contribution in [3.05, 3.63) is 28.7 Å². The lowest BCUT2D eigenvalue weighted by Gasteiger charge is -2.21. The Kier molecular flexibility index (Phi) is 5.67. The van der Waals surface area contributed by atoms with E-state index < -0.39 is 0 Å². The standard InChI is InChI=1S/C15H24BrN3/c1-18-9-7-13(11-18)12-19(2)10-8-17-15-5-3-14(16)4-6-15/h3-6,13,17H,7-12H2,1-2H3. The van der Waals surface area contributed by atoms with E-state index in [1.165, 1.54) is 31.7 Å². The molecule has 4 heteroatoms. The number of nitrogens with one attached hydrogen (secondary N) is 1. The summed E-state index contributed by atoms with van der Waals surface area (Å²) in [6, 6.07) is 8.35. The Hall–Kier alpha value is -0.580. The molecule has 1 aliphatic heterocycles. The van der Waals surface area contributed by atoms with E-state index in [1.54, 1.807) is 0 Å². The SMILES string of the molecule is CN(CCNc1ccc(Br)cc1)CC1CCN(C)C1. The molecule has 0 aliphatic carbocycles. The smallest absolute Gasteiger partial charge is 0.0341 e. The Bertz CT molecular complexity index is 379. The number of hydrogen-bond donors (Lipinski definition) is 1. The molecular weight excluding hydrogens is 302 g/mol. The molecule has 19 heavy (non-hydrogen) atoms. The van der Waals surface area contributed by atoms with Gasteiger partial charge in [0.1, 0.15) is 0 Å². The molecule has 2 rings (SSSR count). The molecule has 1 heterocycles. The number of benzene rings is 1. The molecule has 106 valence electrons. The second-order valence-electron chi connectivity index (χ2n) is 5.61. The molecule has 1 aromatic carbocycles. The summed E-state index contributed by atoms with van der Waals surface area (Å²) in [6.07, 6.45) is 1.35. The van der Waals surface area contributed by atoms with Crippen molar-refractivity contribution < 1.29 is 0 Å². The zero-order valence-corrected chi connectivity index (χ0v) is 13.5. The first-order chi connectivity index (χ1) is 9.13. The minimum atomic E-state index is 0.850. The van der Waals surface area contributed by atoms with Gasteiger partial charge in [-0.3, -0.25) is 0 Å². The normalized spacial score (nSPS) is 20.1. The van der Waals surface area contributed by atoms with Crippen molar-refractivity contribution in [3.8, 4) is 0 Å². The van der Waals surface area contributed by atoms with Crippen LogP contribution in [0.1, 0.15) is 6.42 Å². The predicted molar refractivity (Wildman–Crippen MR) is 85.7 cm³/mol. The molecular formula is C15H24BrN3. The summed E-state index contributed by atoms with van der Waals surface area (Å²) in [5, 5.41) is 3.46. The molecule has 0 radical (unpaired) electrons. The van der Waals surface area contributed by atoms with Crippen molar-refractivity contribution in [1.82, 2.24) is 9.80 Å². The van der Waals surface area contributed by atoms with Gasteiger partial charge in [0.25, 0.3) is 0 Å². The van der Waals surface area contributed by atoms with Gasteiger partial charge >= 0.3 is 0 Å². The average molecular weight is 326 g/mol. The Morgan fingerprint density at radius 1 is 1.37 bits per heavy atom. The van der Waals surface area contributed by atoms with Gasteiger partial charge in [-0.1, -0.05) is 15.9 Å². The molecule has 1 saturated heterocycles. The van der Waals surface area contributed by atoms with Gasteiger partial charge in [-0.05, 0) is 57.2 Å². The van der Waals surface area contributed by atoms with Crippen molar-refractivity contribution >= 4 is 21.6 Å². The summed E-state index contributed by atoms with van der Waals surface area (Å²) in [7, 11) is 4.44. The predicted octanol–water partition coefficient (Wildman–Crippen LogP) is 2.74. The summed E-state index contributed by atoms with van der Waals surface area (Å²) in [6.45, 7) is 5.82. The van der Waals surface area contributed by atoms with Gasteiger partial charge in [0.05, 0.1) is 0 Å². The topological polar surface area (TPSA) is 18.5 Å². The second kappa shape index (κ2) is 7.27. The van der Waals surface area contributed by atoms with E-state index in [2.05, 4.69) is 69.4 Å². The molecule has 1 N–H and O–H groups in total. The number of hydrogen-bond acceptors (Lipinski definition) is 3. The van der Waals surface area contributed by atoms with Crippen LogP contribution >= 0.6 is 15.9 Å². The third kappa shape index (κ3) is 5.13. The van der Waals surface area contributed by atoms with Gasteiger partial charge in [-0.2, -0.15) is 0 Å². The fraction of sp³-hybridized carbons (Fsp3) is 0.600. The molecule has 0 amide bonds. The summed E-state index contributed by atoms with van der Waals surface area (Å²) >= 11 is 3.45. The van der Waals surface area contributed by atoms with Crippen LogP contribution in [0.2, 0.25) is 0 Å². The van der Waals surface area contributed by atoms with E-state index in [1.807, 2.05) is 0 Å². The lowest BCUT2D eigenvalue weighted by atomic mass is 10.1. The van der Waals surface area contributed by atoms with Crippen molar-refractivity contribution in [3.63, 3.8) is 0 Å². The highest BCUT2D eigenvalue weighted by Gasteiger charge is 2.20. The number of halogens is 1. The van der Waals surface area contributed by atoms with Crippen LogP contribution < -0.4 is 5.32 Å². The maximum Gasteiger partial charge on any atom is 0.0341 e. The highest BCUT2D eigenvalue weighted by Crippen LogP contribution is 2.15. The van der Waals surface area contributed by atoms with Crippen molar-refractivity contribution in [2.75, 3.05) is 52.1 Å². The molecule has 0 saturated carbocycles. The van der Waals surface area contributed by atoms with E-state index in [0.717, 1.165) is 23.5 Å². The van der Waals surface area contributed by atoms with Gasteiger partial charge < -0.3 is 15.1 Å². The minimum Gasteiger partial charge on any atom is -0.384 e. The lowest BCUT2D eigenvalue weighted by molar-refractivity contribution is 0.281. The molecule has 0 bridgehead atoms. The molecule has 3 nitrogen and oxygen atoms in total. The summed E-state index contributed by atoms with van der Waals surface area (Å²) in [4.78, 5) is 4.87. The van der Waals surface area contributed by atoms with E-state index in [4.69, 9.17) is 0 Å². The number of anilines is 1. The van der Waals surface area contributed by atoms with E-state index >= 15 is 0 Å². The van der Waals surface area contributed by atoms with E-state index in [9.17, 15) is 0 Å². The molecule has 1 atom stereocenters. The zero-order chi connectivity index (χ0) is 13.7. The Morgan fingerprint density at radius 2 is 2.11 bits per heavy atom. The van der Waals surface area contributed by atoms with Gasteiger partial charge in [-0.25, -0.2) is 0 Å². The van der Waals surface area contributed by atoms with Crippen molar-refractivity contribution in [2.45, 2.75) is 6.42 Å². The molecule has 0 spiro atoms. The van der Waals surface area contributed by atoms with Gasteiger partial charge in [-0.15, -0.1) is 0 Å². The fourth-order valence-corrected chi connectivity index (χ4v) is 2.93. The van der Waals surface area contributed by atoms with Crippen LogP contribution in [0.3, 0.4) is 0 Å². The molecule has 0 aromatic heterocycles. The fourth-order valence-electron chi connectivity index (χ4n) is 2.67. The Balaban J connectivity index is 1.63. The monoisotopic (exact) mass is 325 g/mol. The molecule has 1 fully saturated rings. The first-order valence-electron chi connectivity index (χ1n) is 7.00. The number of likely N-dealkylation sites (N-methyl/N-ethyl adjacent to an activating group) is 1. The highest BCUT2D eigenvalue weighted by molar-refractivity contribution is 9.10. The van der Waals surface area contributed by atoms with Gasteiger partial charge in [0.15, 0.2) is 0 Å². The summed E-state index contributed by atoms with van der Waals surface area (Å²) in [5.41, 5.74) is 1.19. The zero-order valence-electron chi connectivity index (χ0n) is 11.9. The van der Waals surface area contributed by atoms with Crippen LogP contribution in [0.25, 0.3) is 0 Å². The first kappa shape index (κ1) is 14.8. The van der Waals surface area contributed by atoms with Crippen LogP contribution in [0.15, 0.2) is 28.7 Å². The van der Waals surface area contributed by atoms with Crippen molar-refractivity contribution in [2.24, 2.45) is 5.92 Å². The van der Waals surface area contributed by atoms with Gasteiger partial charge in [0, 0.05) is 36.3 Å². The van der Waals surface area contributed by atoms with E-state index in [0.29, 0.717) is 0 Å². The maximum absolute atomic E-state index is 3.46. The van der Waals surface area contributed by atoms with E-state index in [-0.39, 0.29) is 0 Å². The first-order valence-corrected chi connectivity index (χ1v) is 7.79. The number of rotatable bonds is 6. The van der Waals surface area contributed by atoms with Crippen LogP contribution in [0, 0.1) is 5.92 Å². The third-order valence-corrected chi connectivity index (χ3v) is 4.25. The maximum atomic E-state index is 3.46. The Labute approximate surface area is 125 Å². The van der Waals surface area contributed by atoms with Gasteiger partial charge in [0.2, 0.25) is 0 Å². The quantitative estimate of drug-likeness (QED) is 0.867. The van der Waals surface area contributed by atoms with Crippen LogP contribution in [0.4, 0.5) is 5.69 Å². The molecule has 1 aromatic rings. The lowest BCUT2D eigenvalue weighted by Crippen LogP contribution is -2.31. The molecule has 1 unspecified atom stereocenters. The summed E-state index contributed by atoms with van der Waals surface area (Å²) < 4.78 is 1.13. The second-order valence-corrected chi connectivity index (χ2v) is 6.53. The van der Waals surface area contributed by atoms with Crippen molar-refractivity contribution in [1.29, 1.82) is 0 Å². The summed E-state index contributed by atoms with van der Waals surface area (Å²) in [5.74, 6) is 0.850. The largest absolute Gasteiger partial charge is 0.384 e. The average Bonchev–Trinajstić information content (AvgIpc) is 2.77. The van der Waals surface area contributed by atoms with Crippen LogP contribution in [-0.4, -0.2) is 56.6 Å². The third-order valence-electron chi connectivity index (χ3n) is 3.73. The molecule has 1 aliphatic rings. The Morgan fingerprint density at radius 3 is 2.74 bits per heavy atom. The van der Waals surface area contributed by atoms with Crippen LogP contribution in [-0.2, 0) is 0 Å². The number of nitrogens with zero attached hydrogens (tertiary/aromatic N) is 2. The number of likely N-dealkylation sites (tertiary alicyclic amines) is 1. The highest BCUT2D eigenvalue weighted by atomic mass is 79.9.